The summed E-state index contributed by atoms with van der Waals surface area (Å²) in [5.74, 6) is -0.0519. The molecule has 0 atom stereocenters. The Balaban J connectivity index is 2.51. The predicted octanol–water partition coefficient (Wildman–Crippen LogP) is 5.15. The Morgan fingerprint density at radius 1 is 1.15 bits per heavy atom. The normalized spacial score (nSPS) is 11.4. The standard InChI is InChI=1S/C14H11BrF3NO/c1-8-3-2-4-11(19)13(8)20-12-7-9(15)5-6-10(12)14(16,17)18/h2-7H,19H2,1H3. The van der Waals surface area contributed by atoms with Crippen LogP contribution in [0.3, 0.4) is 0 Å². The van der Waals surface area contributed by atoms with Crippen LogP contribution in [0.1, 0.15) is 11.1 Å². The number of ether oxygens (including phenoxy) is 1. The van der Waals surface area contributed by atoms with Crippen molar-refractivity contribution in [2.45, 2.75) is 13.1 Å². The molecule has 2 N–H and O–H groups in total. The smallest absolute Gasteiger partial charge is 0.419 e. The lowest BCUT2D eigenvalue weighted by molar-refractivity contribution is -0.138. The number of rotatable bonds is 2. The van der Waals surface area contributed by atoms with Crippen LogP contribution in [0.4, 0.5) is 18.9 Å². The fraction of sp³-hybridized carbons (Fsp3) is 0.143. The number of para-hydroxylation sites is 1. The van der Waals surface area contributed by atoms with Gasteiger partial charge in [-0.3, -0.25) is 0 Å². The lowest BCUT2D eigenvalue weighted by atomic mass is 10.1. The van der Waals surface area contributed by atoms with Crippen LogP contribution in [-0.2, 0) is 6.18 Å². The van der Waals surface area contributed by atoms with E-state index in [0.717, 1.165) is 6.07 Å². The Hall–Kier alpha value is -1.69. The Kier molecular flexibility index (Phi) is 3.94. The zero-order chi connectivity index (χ0) is 14.9. The van der Waals surface area contributed by atoms with Gasteiger partial charge in [0.15, 0.2) is 5.75 Å². The molecule has 2 aromatic rings. The highest BCUT2D eigenvalue weighted by Crippen LogP contribution is 2.41. The van der Waals surface area contributed by atoms with Crippen molar-refractivity contribution in [1.82, 2.24) is 0 Å². The van der Waals surface area contributed by atoms with Crippen LogP contribution in [0.15, 0.2) is 40.9 Å². The summed E-state index contributed by atoms with van der Waals surface area (Å²) in [6.07, 6.45) is -4.49. The molecule has 2 aromatic carbocycles. The molecule has 0 bridgehead atoms. The Morgan fingerprint density at radius 3 is 2.45 bits per heavy atom. The van der Waals surface area contributed by atoms with Gasteiger partial charge in [-0.25, -0.2) is 0 Å². The highest BCUT2D eigenvalue weighted by atomic mass is 79.9. The van der Waals surface area contributed by atoms with Crippen molar-refractivity contribution in [3.8, 4) is 11.5 Å². The van der Waals surface area contributed by atoms with Crippen LogP contribution in [0.25, 0.3) is 0 Å². The summed E-state index contributed by atoms with van der Waals surface area (Å²) >= 11 is 3.13. The van der Waals surface area contributed by atoms with E-state index in [4.69, 9.17) is 10.5 Å². The summed E-state index contributed by atoms with van der Waals surface area (Å²) in [7, 11) is 0. The van der Waals surface area contributed by atoms with E-state index >= 15 is 0 Å². The van der Waals surface area contributed by atoms with Crippen LogP contribution in [0.2, 0.25) is 0 Å². The van der Waals surface area contributed by atoms with E-state index in [9.17, 15) is 13.2 Å². The van der Waals surface area contributed by atoms with Crippen LogP contribution >= 0.6 is 15.9 Å². The molecule has 0 heterocycles. The summed E-state index contributed by atoms with van der Waals surface area (Å²) in [6, 6.07) is 8.56. The summed E-state index contributed by atoms with van der Waals surface area (Å²) in [4.78, 5) is 0. The van der Waals surface area contributed by atoms with Crippen LogP contribution in [-0.4, -0.2) is 0 Å². The van der Waals surface area contributed by atoms with Crippen molar-refractivity contribution in [1.29, 1.82) is 0 Å². The molecule has 0 spiro atoms. The van der Waals surface area contributed by atoms with Gasteiger partial charge in [-0.1, -0.05) is 28.1 Å². The number of alkyl halides is 3. The fourth-order valence-corrected chi connectivity index (χ4v) is 2.08. The lowest BCUT2D eigenvalue weighted by Gasteiger charge is -2.16. The third-order valence-electron chi connectivity index (χ3n) is 2.70. The monoisotopic (exact) mass is 345 g/mol. The maximum atomic E-state index is 13.0. The van der Waals surface area contributed by atoms with E-state index in [1.165, 1.54) is 12.1 Å². The molecule has 0 amide bonds. The van der Waals surface area contributed by atoms with Crippen LogP contribution in [0.5, 0.6) is 11.5 Å². The fourth-order valence-electron chi connectivity index (χ4n) is 1.74. The van der Waals surface area contributed by atoms with E-state index < -0.39 is 11.7 Å². The second-order valence-electron chi connectivity index (χ2n) is 4.23. The van der Waals surface area contributed by atoms with Gasteiger partial charge in [0.25, 0.3) is 0 Å². The quantitative estimate of drug-likeness (QED) is 0.763. The molecule has 0 aliphatic heterocycles. The largest absolute Gasteiger partial charge is 0.454 e. The molecular weight excluding hydrogens is 335 g/mol. The molecule has 0 aliphatic rings. The molecule has 20 heavy (non-hydrogen) atoms. The maximum Gasteiger partial charge on any atom is 0.419 e. The highest BCUT2D eigenvalue weighted by Gasteiger charge is 2.34. The molecule has 2 rings (SSSR count). The third-order valence-corrected chi connectivity index (χ3v) is 3.20. The molecule has 0 fully saturated rings. The number of nitrogens with two attached hydrogens (primary N) is 1. The zero-order valence-corrected chi connectivity index (χ0v) is 12.0. The average Bonchev–Trinajstić information content (AvgIpc) is 2.32. The second kappa shape index (κ2) is 5.36. The van der Waals surface area contributed by atoms with E-state index in [1.54, 1.807) is 25.1 Å². The van der Waals surface area contributed by atoms with Crippen molar-refractivity contribution in [2.24, 2.45) is 0 Å². The molecule has 106 valence electrons. The molecule has 0 saturated heterocycles. The van der Waals surface area contributed by atoms with Gasteiger partial charge in [0.2, 0.25) is 0 Å². The second-order valence-corrected chi connectivity index (χ2v) is 5.15. The van der Waals surface area contributed by atoms with Crippen molar-refractivity contribution in [3.63, 3.8) is 0 Å². The van der Waals surface area contributed by atoms with Crippen molar-refractivity contribution < 1.29 is 17.9 Å². The van der Waals surface area contributed by atoms with Gasteiger partial charge in [0.1, 0.15) is 5.75 Å². The van der Waals surface area contributed by atoms with Crippen LogP contribution < -0.4 is 10.5 Å². The molecule has 0 saturated carbocycles. The average molecular weight is 346 g/mol. The number of hydrogen-bond donors (Lipinski definition) is 1. The first kappa shape index (κ1) is 14.7. The van der Waals surface area contributed by atoms with Crippen molar-refractivity contribution >= 4 is 21.6 Å². The molecule has 0 aliphatic carbocycles. The van der Waals surface area contributed by atoms with Gasteiger partial charge in [0, 0.05) is 4.47 Å². The third kappa shape index (κ3) is 3.07. The number of anilines is 1. The van der Waals surface area contributed by atoms with Gasteiger partial charge in [0.05, 0.1) is 11.3 Å². The Labute approximate surface area is 122 Å². The summed E-state index contributed by atoms with van der Waals surface area (Å²) in [5.41, 5.74) is 5.86. The van der Waals surface area contributed by atoms with E-state index in [-0.39, 0.29) is 17.2 Å². The zero-order valence-electron chi connectivity index (χ0n) is 10.5. The molecule has 0 aromatic heterocycles. The van der Waals surface area contributed by atoms with Gasteiger partial charge in [-0.05, 0) is 36.8 Å². The van der Waals surface area contributed by atoms with Gasteiger partial charge >= 0.3 is 6.18 Å². The first-order valence-corrected chi connectivity index (χ1v) is 6.48. The van der Waals surface area contributed by atoms with Gasteiger partial charge < -0.3 is 10.5 Å². The first-order chi connectivity index (χ1) is 9.29. The van der Waals surface area contributed by atoms with Crippen molar-refractivity contribution in [2.75, 3.05) is 5.73 Å². The SMILES string of the molecule is Cc1cccc(N)c1Oc1cc(Br)ccc1C(F)(F)F. The van der Waals surface area contributed by atoms with Crippen molar-refractivity contribution in [3.05, 3.63) is 52.0 Å². The predicted molar refractivity (Wildman–Crippen MR) is 74.8 cm³/mol. The van der Waals surface area contributed by atoms with E-state index in [1.807, 2.05) is 0 Å². The molecular formula is C14H11BrF3NO. The molecule has 6 heteroatoms. The van der Waals surface area contributed by atoms with Gasteiger partial charge in [-0.2, -0.15) is 13.2 Å². The summed E-state index contributed by atoms with van der Waals surface area (Å²) in [5, 5.41) is 0. The molecule has 0 radical (unpaired) electrons. The molecule has 0 unspecified atom stereocenters. The number of benzene rings is 2. The Morgan fingerprint density at radius 2 is 1.85 bits per heavy atom. The number of hydrogen-bond acceptors (Lipinski definition) is 2. The summed E-state index contributed by atoms with van der Waals surface area (Å²) < 4.78 is 44.8. The highest BCUT2D eigenvalue weighted by molar-refractivity contribution is 9.10. The topological polar surface area (TPSA) is 35.2 Å². The molecule has 2 nitrogen and oxygen atoms in total. The lowest BCUT2D eigenvalue weighted by Crippen LogP contribution is -2.07. The van der Waals surface area contributed by atoms with Gasteiger partial charge in [-0.15, -0.1) is 0 Å². The van der Waals surface area contributed by atoms with E-state index in [2.05, 4.69) is 15.9 Å². The first-order valence-electron chi connectivity index (χ1n) is 5.68. The minimum atomic E-state index is -4.49. The maximum absolute atomic E-state index is 13.0. The minimum absolute atomic E-state index is 0.233. The number of nitrogen functional groups attached to an aromatic ring is 1. The number of halogens is 4. The Bertz CT molecular complexity index is 621. The van der Waals surface area contributed by atoms with Crippen LogP contribution in [0, 0.1) is 6.92 Å². The summed E-state index contributed by atoms with van der Waals surface area (Å²) in [6.45, 7) is 1.72. The van der Waals surface area contributed by atoms with E-state index in [0.29, 0.717) is 10.0 Å². The minimum Gasteiger partial charge on any atom is -0.454 e. The number of aryl methyl sites for hydroxylation is 1.